The minimum Gasteiger partial charge on any atom is -0.325 e. The number of piperidine rings is 1. The molecule has 1 aliphatic heterocycles. The number of rotatable bonds is 5. The summed E-state index contributed by atoms with van der Waals surface area (Å²) in [4.78, 5) is 14.0. The molecule has 1 N–H and O–H groups in total. The minimum atomic E-state index is -3.52. The third kappa shape index (κ3) is 4.42. The average Bonchev–Trinajstić information content (AvgIpc) is 2.70. The first-order valence-electron chi connectivity index (χ1n) is 9.34. The molecule has 1 aliphatic rings. The van der Waals surface area contributed by atoms with E-state index in [0.29, 0.717) is 30.8 Å². The number of sulfonamides is 1. The number of nitrogens with zero attached hydrogens (tertiary/aromatic N) is 1. The highest BCUT2D eigenvalue weighted by Gasteiger charge is 2.32. The average molecular weight is 419 g/mol. The van der Waals surface area contributed by atoms with Crippen molar-refractivity contribution < 1.29 is 13.2 Å². The molecule has 150 valence electrons. The molecule has 2 aromatic rings. The Balaban J connectivity index is 1.65. The zero-order valence-electron chi connectivity index (χ0n) is 16.4. The maximum atomic E-state index is 12.9. The van der Waals surface area contributed by atoms with Crippen LogP contribution in [0.4, 0.5) is 5.69 Å². The summed E-state index contributed by atoms with van der Waals surface area (Å²) in [5.41, 5.74) is 2.84. The van der Waals surface area contributed by atoms with Gasteiger partial charge in [-0.3, -0.25) is 4.79 Å². The molecule has 3 rings (SSSR count). The van der Waals surface area contributed by atoms with Gasteiger partial charge in [0.15, 0.2) is 0 Å². The third-order valence-electron chi connectivity index (χ3n) is 5.31. The van der Waals surface area contributed by atoms with Crippen molar-refractivity contribution in [3.63, 3.8) is 0 Å². The highest BCUT2D eigenvalue weighted by atomic mass is 32.2. The van der Waals surface area contributed by atoms with Gasteiger partial charge in [-0.15, -0.1) is 11.8 Å². The Morgan fingerprint density at radius 2 is 1.75 bits per heavy atom. The van der Waals surface area contributed by atoms with Gasteiger partial charge in [-0.2, -0.15) is 4.31 Å². The fourth-order valence-corrected chi connectivity index (χ4v) is 5.47. The number of anilines is 1. The molecule has 0 spiro atoms. The fraction of sp³-hybridized carbons (Fsp3) is 0.381. The number of thioether (sulfide) groups is 1. The lowest BCUT2D eigenvalue weighted by Gasteiger charge is -2.30. The Bertz CT molecular complexity index is 965. The highest BCUT2D eigenvalue weighted by Crippen LogP contribution is 2.28. The normalized spacial score (nSPS) is 16.1. The predicted octanol–water partition coefficient (Wildman–Crippen LogP) is 4.06. The lowest BCUT2D eigenvalue weighted by molar-refractivity contribution is -0.120. The zero-order chi connectivity index (χ0) is 20.3. The van der Waals surface area contributed by atoms with E-state index in [1.807, 2.05) is 50.4 Å². The van der Waals surface area contributed by atoms with Gasteiger partial charge in [0.25, 0.3) is 0 Å². The smallest absolute Gasteiger partial charge is 0.243 e. The van der Waals surface area contributed by atoms with Crippen LogP contribution in [-0.2, 0) is 14.8 Å². The molecule has 0 aromatic heterocycles. The lowest BCUT2D eigenvalue weighted by Crippen LogP contribution is -2.41. The van der Waals surface area contributed by atoms with Crippen molar-refractivity contribution in [2.45, 2.75) is 36.5 Å². The van der Waals surface area contributed by atoms with Gasteiger partial charge in [0.05, 0.1) is 10.6 Å². The Morgan fingerprint density at radius 3 is 2.39 bits per heavy atom. The molecule has 1 saturated heterocycles. The molecule has 0 saturated carbocycles. The second kappa shape index (κ2) is 8.68. The molecular formula is C21H26N2O3S2. The number of nitrogens with one attached hydrogen (secondary N) is 1. The standard InChI is InChI=1S/C21H26N2O3S2/c1-15-8-9-18(14-16(15)2)28(25,26)23-12-10-17(11-13-23)21(24)22-19-6-4-5-7-20(19)27-3/h4-9,14,17H,10-13H2,1-3H3,(H,22,24). The molecule has 1 fully saturated rings. The number of amides is 1. The number of aryl methyl sites for hydroxylation is 2. The summed E-state index contributed by atoms with van der Waals surface area (Å²) in [6.07, 6.45) is 3.02. The lowest BCUT2D eigenvalue weighted by atomic mass is 9.97. The molecular weight excluding hydrogens is 392 g/mol. The van der Waals surface area contributed by atoms with Gasteiger partial charge in [0.2, 0.25) is 15.9 Å². The Kier molecular flexibility index (Phi) is 6.47. The summed E-state index contributed by atoms with van der Waals surface area (Å²) < 4.78 is 27.3. The largest absolute Gasteiger partial charge is 0.325 e. The summed E-state index contributed by atoms with van der Waals surface area (Å²) in [6, 6.07) is 12.9. The van der Waals surface area contributed by atoms with E-state index in [0.717, 1.165) is 21.7 Å². The summed E-state index contributed by atoms with van der Waals surface area (Å²) >= 11 is 1.59. The number of hydrogen-bond acceptors (Lipinski definition) is 4. The van der Waals surface area contributed by atoms with Gasteiger partial charge in [0.1, 0.15) is 0 Å². The van der Waals surface area contributed by atoms with E-state index in [9.17, 15) is 13.2 Å². The van der Waals surface area contributed by atoms with Gasteiger partial charge in [0, 0.05) is 23.9 Å². The maximum absolute atomic E-state index is 12.9. The van der Waals surface area contributed by atoms with Crippen LogP contribution in [0.3, 0.4) is 0 Å². The first-order chi connectivity index (χ1) is 13.3. The van der Waals surface area contributed by atoms with Crippen LogP contribution in [0.15, 0.2) is 52.3 Å². The Labute approximate surface area is 171 Å². The van der Waals surface area contributed by atoms with Gasteiger partial charge in [-0.05, 0) is 68.3 Å². The van der Waals surface area contributed by atoms with Crippen LogP contribution in [0.25, 0.3) is 0 Å². The SMILES string of the molecule is CSc1ccccc1NC(=O)C1CCN(S(=O)(=O)c2ccc(C)c(C)c2)CC1. The molecule has 7 heteroatoms. The monoisotopic (exact) mass is 418 g/mol. The zero-order valence-corrected chi connectivity index (χ0v) is 18.1. The number of benzene rings is 2. The topological polar surface area (TPSA) is 66.5 Å². The second-order valence-electron chi connectivity index (χ2n) is 7.11. The number of carbonyl (C=O) groups excluding carboxylic acids is 1. The molecule has 1 amide bonds. The van der Waals surface area contributed by atoms with E-state index < -0.39 is 10.0 Å². The van der Waals surface area contributed by atoms with Crippen LogP contribution in [0.5, 0.6) is 0 Å². The fourth-order valence-electron chi connectivity index (χ4n) is 3.36. The second-order valence-corrected chi connectivity index (χ2v) is 9.90. The van der Waals surface area contributed by atoms with E-state index in [-0.39, 0.29) is 11.8 Å². The quantitative estimate of drug-likeness (QED) is 0.744. The third-order valence-corrected chi connectivity index (χ3v) is 8.00. The van der Waals surface area contributed by atoms with Crippen molar-refractivity contribution in [2.24, 2.45) is 5.92 Å². The molecule has 0 radical (unpaired) electrons. The van der Waals surface area contributed by atoms with Crippen LogP contribution in [0, 0.1) is 19.8 Å². The van der Waals surface area contributed by atoms with Gasteiger partial charge in [-0.1, -0.05) is 18.2 Å². The first-order valence-corrected chi connectivity index (χ1v) is 12.0. The van der Waals surface area contributed by atoms with E-state index in [1.54, 1.807) is 23.9 Å². The minimum absolute atomic E-state index is 0.0373. The summed E-state index contributed by atoms with van der Waals surface area (Å²) in [7, 11) is -3.52. The molecule has 5 nitrogen and oxygen atoms in total. The highest BCUT2D eigenvalue weighted by molar-refractivity contribution is 7.98. The molecule has 1 heterocycles. The summed E-state index contributed by atoms with van der Waals surface area (Å²) in [5.74, 6) is -0.217. The Hall–Kier alpha value is -1.83. The van der Waals surface area contributed by atoms with Crippen molar-refractivity contribution in [1.82, 2.24) is 4.31 Å². The number of hydrogen-bond donors (Lipinski definition) is 1. The molecule has 2 aromatic carbocycles. The van der Waals surface area contributed by atoms with Crippen LogP contribution in [0.2, 0.25) is 0 Å². The van der Waals surface area contributed by atoms with Gasteiger partial charge in [-0.25, -0.2) is 8.42 Å². The number of para-hydroxylation sites is 1. The summed E-state index contributed by atoms with van der Waals surface area (Å²) in [6.45, 7) is 4.59. The van der Waals surface area contributed by atoms with Crippen LogP contribution >= 0.6 is 11.8 Å². The van der Waals surface area contributed by atoms with E-state index >= 15 is 0 Å². The molecule has 0 aliphatic carbocycles. The predicted molar refractivity (Wildman–Crippen MR) is 114 cm³/mol. The van der Waals surface area contributed by atoms with Crippen LogP contribution in [0.1, 0.15) is 24.0 Å². The molecule has 28 heavy (non-hydrogen) atoms. The summed E-state index contributed by atoms with van der Waals surface area (Å²) in [5, 5.41) is 3.00. The molecule has 0 bridgehead atoms. The van der Waals surface area contributed by atoms with Gasteiger partial charge < -0.3 is 5.32 Å². The first kappa shape index (κ1) is 20.9. The van der Waals surface area contributed by atoms with Crippen molar-refractivity contribution in [2.75, 3.05) is 24.7 Å². The van der Waals surface area contributed by atoms with Crippen LogP contribution < -0.4 is 5.32 Å². The van der Waals surface area contributed by atoms with Crippen molar-refractivity contribution in [3.8, 4) is 0 Å². The van der Waals surface area contributed by atoms with Crippen molar-refractivity contribution >= 4 is 33.4 Å². The van der Waals surface area contributed by atoms with E-state index in [4.69, 9.17) is 0 Å². The van der Waals surface area contributed by atoms with E-state index in [2.05, 4.69) is 5.32 Å². The molecule has 0 unspecified atom stereocenters. The number of carbonyl (C=O) groups is 1. The van der Waals surface area contributed by atoms with Crippen LogP contribution in [-0.4, -0.2) is 38.0 Å². The maximum Gasteiger partial charge on any atom is 0.243 e. The van der Waals surface area contributed by atoms with Crippen molar-refractivity contribution in [1.29, 1.82) is 0 Å². The van der Waals surface area contributed by atoms with Gasteiger partial charge >= 0.3 is 0 Å². The molecule has 0 atom stereocenters. The Morgan fingerprint density at radius 1 is 1.07 bits per heavy atom. The van der Waals surface area contributed by atoms with E-state index in [1.165, 1.54) is 4.31 Å². The van der Waals surface area contributed by atoms with Crippen molar-refractivity contribution in [3.05, 3.63) is 53.6 Å².